The largest absolute Gasteiger partial charge is 0.383 e. The second kappa shape index (κ2) is 5.39. The molecule has 0 amide bonds. The standard InChI is InChI=1S/C19H13N5S/c20-18-13(19-21-14-8-4-5-9-16(14)25-19)11-24-17(22-18)10-15(23-24)12-6-2-1-3-7-12/h1-11H,(H2,20,22). The van der Waals surface area contributed by atoms with E-state index in [1.165, 1.54) is 0 Å². The van der Waals surface area contributed by atoms with Gasteiger partial charge in [0.25, 0.3) is 0 Å². The highest BCUT2D eigenvalue weighted by atomic mass is 32.1. The van der Waals surface area contributed by atoms with Crippen molar-refractivity contribution in [3.8, 4) is 21.8 Å². The van der Waals surface area contributed by atoms with Gasteiger partial charge in [-0.1, -0.05) is 42.5 Å². The molecule has 0 bridgehead atoms. The fraction of sp³-hybridized carbons (Fsp3) is 0. The summed E-state index contributed by atoms with van der Waals surface area (Å²) in [6, 6.07) is 20.0. The number of hydrogen-bond donors (Lipinski definition) is 1. The highest BCUT2D eigenvalue weighted by molar-refractivity contribution is 7.21. The molecular formula is C19H13N5S. The van der Waals surface area contributed by atoms with Crippen molar-refractivity contribution in [2.45, 2.75) is 0 Å². The van der Waals surface area contributed by atoms with Gasteiger partial charge in [-0.15, -0.1) is 11.3 Å². The Labute approximate surface area is 147 Å². The van der Waals surface area contributed by atoms with Gasteiger partial charge in [0.05, 0.1) is 21.5 Å². The molecular weight excluding hydrogens is 330 g/mol. The van der Waals surface area contributed by atoms with Crippen LogP contribution in [0.1, 0.15) is 0 Å². The number of nitrogens with zero attached hydrogens (tertiary/aromatic N) is 4. The zero-order chi connectivity index (χ0) is 16.8. The molecule has 120 valence electrons. The number of hydrogen-bond acceptors (Lipinski definition) is 5. The average Bonchev–Trinajstić information content (AvgIpc) is 3.25. The Morgan fingerprint density at radius 2 is 1.72 bits per heavy atom. The number of anilines is 1. The van der Waals surface area contributed by atoms with Crippen molar-refractivity contribution in [1.29, 1.82) is 0 Å². The Morgan fingerprint density at radius 3 is 2.56 bits per heavy atom. The number of nitrogens with two attached hydrogens (primary N) is 1. The molecule has 0 fully saturated rings. The van der Waals surface area contributed by atoms with E-state index in [9.17, 15) is 0 Å². The molecule has 5 aromatic rings. The molecule has 3 aromatic heterocycles. The van der Waals surface area contributed by atoms with Gasteiger partial charge in [0.2, 0.25) is 0 Å². The smallest absolute Gasteiger partial charge is 0.158 e. The molecule has 2 aromatic carbocycles. The van der Waals surface area contributed by atoms with Crippen LogP contribution in [0.4, 0.5) is 5.82 Å². The lowest BCUT2D eigenvalue weighted by Crippen LogP contribution is -1.99. The van der Waals surface area contributed by atoms with Gasteiger partial charge < -0.3 is 5.73 Å². The summed E-state index contributed by atoms with van der Waals surface area (Å²) in [5.41, 5.74) is 10.6. The zero-order valence-electron chi connectivity index (χ0n) is 13.1. The van der Waals surface area contributed by atoms with Crippen LogP contribution in [0.3, 0.4) is 0 Å². The third kappa shape index (κ3) is 2.35. The first-order chi connectivity index (χ1) is 12.3. The molecule has 5 nitrogen and oxygen atoms in total. The molecule has 0 saturated heterocycles. The quantitative estimate of drug-likeness (QED) is 0.520. The topological polar surface area (TPSA) is 69.1 Å². The van der Waals surface area contributed by atoms with Crippen LogP contribution in [0.15, 0.2) is 66.9 Å². The molecule has 0 aliphatic rings. The average molecular weight is 343 g/mol. The lowest BCUT2D eigenvalue weighted by Gasteiger charge is -2.02. The zero-order valence-corrected chi connectivity index (χ0v) is 13.9. The van der Waals surface area contributed by atoms with E-state index >= 15 is 0 Å². The Bertz CT molecular complexity index is 1170. The van der Waals surface area contributed by atoms with E-state index in [1.807, 2.05) is 60.8 Å². The SMILES string of the molecule is Nc1nc2cc(-c3ccccc3)nn2cc1-c1nc2ccccc2s1. The van der Waals surface area contributed by atoms with Crippen LogP contribution in [0.2, 0.25) is 0 Å². The maximum atomic E-state index is 6.20. The van der Waals surface area contributed by atoms with Crippen molar-refractivity contribution in [2.24, 2.45) is 0 Å². The minimum absolute atomic E-state index is 0.464. The van der Waals surface area contributed by atoms with Crippen molar-refractivity contribution in [3.05, 3.63) is 66.9 Å². The lowest BCUT2D eigenvalue weighted by atomic mass is 10.2. The Kier molecular flexibility index (Phi) is 3.05. The monoisotopic (exact) mass is 343 g/mol. The molecule has 0 saturated carbocycles. The summed E-state index contributed by atoms with van der Waals surface area (Å²) in [7, 11) is 0. The van der Waals surface area contributed by atoms with E-state index in [0.29, 0.717) is 5.82 Å². The van der Waals surface area contributed by atoms with Gasteiger partial charge in [-0.05, 0) is 12.1 Å². The fourth-order valence-electron chi connectivity index (χ4n) is 2.84. The molecule has 0 unspecified atom stereocenters. The van der Waals surface area contributed by atoms with E-state index in [2.05, 4.69) is 21.1 Å². The minimum Gasteiger partial charge on any atom is -0.383 e. The van der Waals surface area contributed by atoms with Crippen LogP contribution in [0, 0.1) is 0 Å². The fourth-order valence-corrected chi connectivity index (χ4v) is 3.82. The number of nitrogen functional groups attached to an aromatic ring is 1. The molecule has 0 radical (unpaired) electrons. The lowest BCUT2D eigenvalue weighted by molar-refractivity contribution is 0.947. The molecule has 6 heteroatoms. The van der Waals surface area contributed by atoms with Crippen LogP contribution < -0.4 is 5.73 Å². The van der Waals surface area contributed by atoms with E-state index in [-0.39, 0.29) is 0 Å². The maximum Gasteiger partial charge on any atom is 0.158 e. The Balaban J connectivity index is 1.67. The molecule has 2 N–H and O–H groups in total. The summed E-state index contributed by atoms with van der Waals surface area (Å²) in [5, 5.41) is 5.49. The molecule has 5 rings (SSSR count). The summed E-state index contributed by atoms with van der Waals surface area (Å²) in [5.74, 6) is 0.464. The van der Waals surface area contributed by atoms with Crippen LogP contribution in [0.25, 0.3) is 37.7 Å². The number of aromatic nitrogens is 4. The van der Waals surface area contributed by atoms with E-state index < -0.39 is 0 Å². The number of thiazole rings is 1. The van der Waals surface area contributed by atoms with Gasteiger partial charge in [0, 0.05) is 17.8 Å². The predicted molar refractivity (Wildman–Crippen MR) is 101 cm³/mol. The van der Waals surface area contributed by atoms with E-state index in [1.54, 1.807) is 15.9 Å². The maximum absolute atomic E-state index is 6.20. The normalized spacial score (nSPS) is 11.4. The summed E-state index contributed by atoms with van der Waals surface area (Å²) >= 11 is 1.60. The van der Waals surface area contributed by atoms with Crippen molar-refractivity contribution < 1.29 is 0 Å². The predicted octanol–water partition coefficient (Wildman–Crippen LogP) is 4.26. The Morgan fingerprint density at radius 1 is 0.920 bits per heavy atom. The second-order valence-corrected chi connectivity index (χ2v) is 6.76. The highest BCUT2D eigenvalue weighted by Crippen LogP contribution is 2.33. The molecule has 25 heavy (non-hydrogen) atoms. The van der Waals surface area contributed by atoms with Gasteiger partial charge in [0.15, 0.2) is 5.65 Å². The van der Waals surface area contributed by atoms with Crippen LogP contribution in [-0.4, -0.2) is 19.6 Å². The van der Waals surface area contributed by atoms with Gasteiger partial charge in [-0.3, -0.25) is 0 Å². The van der Waals surface area contributed by atoms with Crippen molar-refractivity contribution in [2.75, 3.05) is 5.73 Å². The first kappa shape index (κ1) is 14.1. The van der Waals surface area contributed by atoms with Gasteiger partial charge in [-0.25, -0.2) is 14.5 Å². The first-order valence-corrected chi connectivity index (χ1v) is 8.67. The highest BCUT2D eigenvalue weighted by Gasteiger charge is 2.13. The number of rotatable bonds is 2. The van der Waals surface area contributed by atoms with Gasteiger partial charge in [-0.2, -0.15) is 5.10 Å². The van der Waals surface area contributed by atoms with Crippen molar-refractivity contribution >= 4 is 33.0 Å². The van der Waals surface area contributed by atoms with Crippen LogP contribution in [0.5, 0.6) is 0 Å². The molecule has 0 aliphatic carbocycles. The number of benzene rings is 2. The molecule has 0 atom stereocenters. The summed E-state index contributed by atoms with van der Waals surface area (Å²) in [4.78, 5) is 9.19. The molecule has 3 heterocycles. The van der Waals surface area contributed by atoms with Crippen LogP contribution in [-0.2, 0) is 0 Å². The van der Waals surface area contributed by atoms with Crippen molar-refractivity contribution in [3.63, 3.8) is 0 Å². The minimum atomic E-state index is 0.464. The summed E-state index contributed by atoms with van der Waals surface area (Å²) in [6.45, 7) is 0. The van der Waals surface area contributed by atoms with Crippen LogP contribution >= 0.6 is 11.3 Å². The van der Waals surface area contributed by atoms with E-state index in [4.69, 9.17) is 5.73 Å². The molecule has 0 aliphatic heterocycles. The van der Waals surface area contributed by atoms with E-state index in [0.717, 1.165) is 37.7 Å². The van der Waals surface area contributed by atoms with Gasteiger partial charge >= 0.3 is 0 Å². The number of para-hydroxylation sites is 1. The summed E-state index contributed by atoms with van der Waals surface area (Å²) in [6.07, 6.45) is 1.90. The second-order valence-electron chi connectivity index (χ2n) is 5.72. The molecule has 0 spiro atoms. The first-order valence-electron chi connectivity index (χ1n) is 7.85. The number of fused-ring (bicyclic) bond motifs is 2. The van der Waals surface area contributed by atoms with Gasteiger partial charge in [0.1, 0.15) is 10.8 Å². The third-order valence-corrected chi connectivity index (χ3v) is 5.14. The summed E-state index contributed by atoms with van der Waals surface area (Å²) < 4.78 is 2.89. The third-order valence-electron chi connectivity index (χ3n) is 4.07. The Hall–Kier alpha value is -3.25. The van der Waals surface area contributed by atoms with Crippen molar-refractivity contribution in [1.82, 2.24) is 19.6 Å².